The van der Waals surface area contributed by atoms with Crippen LogP contribution >= 0.6 is 0 Å². The van der Waals surface area contributed by atoms with Gasteiger partial charge in [0.05, 0.1) is 13.0 Å². The van der Waals surface area contributed by atoms with E-state index in [1.54, 1.807) is 0 Å². The van der Waals surface area contributed by atoms with E-state index in [0.717, 1.165) is 24.3 Å². The lowest BCUT2D eigenvalue weighted by Crippen LogP contribution is -2.30. The van der Waals surface area contributed by atoms with Gasteiger partial charge in [-0.1, -0.05) is 24.3 Å². The average molecular weight is 348 g/mol. The molecule has 6 nitrogen and oxygen atoms in total. The Morgan fingerprint density at radius 2 is 1.67 bits per heavy atom. The third-order valence-corrected chi connectivity index (χ3v) is 3.04. The Bertz CT molecular complexity index is 609. The van der Waals surface area contributed by atoms with Gasteiger partial charge in [-0.05, 0) is 12.5 Å². The first-order valence-corrected chi connectivity index (χ1v) is 6.83. The molecule has 0 fully saturated rings. The molecule has 2 unspecified atom stereocenters. The molecule has 1 rings (SSSR count). The number of esters is 1. The SMILES string of the molecule is CCOC(=O)C(O)C(O)c1ccc(C(=O)CC(=O)C(F)(F)F)cc1. The van der Waals surface area contributed by atoms with Crippen LogP contribution in [0.2, 0.25) is 0 Å². The molecule has 2 atom stereocenters. The molecule has 0 saturated carbocycles. The summed E-state index contributed by atoms with van der Waals surface area (Å²) in [5, 5.41) is 19.4. The van der Waals surface area contributed by atoms with Crippen LogP contribution in [0.3, 0.4) is 0 Å². The molecular weight excluding hydrogens is 333 g/mol. The largest absolute Gasteiger partial charge is 0.464 e. The number of carbonyl (C=O) groups is 3. The smallest absolute Gasteiger partial charge is 0.450 e. The highest BCUT2D eigenvalue weighted by Gasteiger charge is 2.39. The lowest BCUT2D eigenvalue weighted by Gasteiger charge is -2.16. The first-order valence-electron chi connectivity index (χ1n) is 6.83. The summed E-state index contributed by atoms with van der Waals surface area (Å²) in [6, 6.07) is 4.47. The van der Waals surface area contributed by atoms with Crippen LogP contribution in [0.15, 0.2) is 24.3 Å². The molecule has 24 heavy (non-hydrogen) atoms. The summed E-state index contributed by atoms with van der Waals surface area (Å²) in [5.41, 5.74) is -0.122. The standard InChI is InChI=1S/C15H15F3O6/c1-2-24-14(23)13(22)12(21)9-5-3-8(4-6-9)10(19)7-11(20)15(16,17)18/h3-6,12-13,21-22H,2,7H2,1H3. The second-order valence-electron chi connectivity index (χ2n) is 4.78. The number of hydrogen-bond acceptors (Lipinski definition) is 6. The van der Waals surface area contributed by atoms with Crippen LogP contribution in [0.4, 0.5) is 13.2 Å². The molecule has 0 aliphatic carbocycles. The fraction of sp³-hybridized carbons (Fsp3) is 0.400. The molecule has 1 aromatic carbocycles. The van der Waals surface area contributed by atoms with Crippen molar-refractivity contribution in [3.8, 4) is 0 Å². The van der Waals surface area contributed by atoms with E-state index < -0.39 is 42.3 Å². The first-order chi connectivity index (χ1) is 11.1. The summed E-state index contributed by atoms with van der Waals surface area (Å²) < 4.78 is 40.9. The highest BCUT2D eigenvalue weighted by atomic mass is 19.4. The minimum absolute atomic E-state index is 0.00326. The van der Waals surface area contributed by atoms with E-state index in [9.17, 15) is 37.8 Å². The molecule has 2 N–H and O–H groups in total. The third kappa shape index (κ3) is 5.14. The number of carbonyl (C=O) groups excluding carboxylic acids is 3. The predicted molar refractivity (Wildman–Crippen MR) is 74.1 cm³/mol. The van der Waals surface area contributed by atoms with Crippen molar-refractivity contribution < 1.29 is 42.5 Å². The Morgan fingerprint density at radius 1 is 1.12 bits per heavy atom. The average Bonchev–Trinajstić information content (AvgIpc) is 2.52. The van der Waals surface area contributed by atoms with Crippen molar-refractivity contribution >= 4 is 17.5 Å². The molecule has 9 heteroatoms. The van der Waals surface area contributed by atoms with Crippen molar-refractivity contribution in [1.82, 2.24) is 0 Å². The molecule has 132 valence electrons. The minimum atomic E-state index is -5.09. The maximum Gasteiger partial charge on any atom is 0.450 e. The van der Waals surface area contributed by atoms with Crippen LogP contribution in [0.5, 0.6) is 0 Å². The molecule has 0 aromatic heterocycles. The Balaban J connectivity index is 2.80. The molecule has 0 radical (unpaired) electrons. The fourth-order valence-electron chi connectivity index (χ4n) is 1.75. The van der Waals surface area contributed by atoms with E-state index in [4.69, 9.17) is 0 Å². The quantitative estimate of drug-likeness (QED) is 0.438. The zero-order valence-corrected chi connectivity index (χ0v) is 12.5. The monoisotopic (exact) mass is 348 g/mol. The van der Waals surface area contributed by atoms with Gasteiger partial charge in [-0.25, -0.2) is 4.79 Å². The van der Waals surface area contributed by atoms with Gasteiger partial charge in [0.2, 0.25) is 5.78 Å². The van der Waals surface area contributed by atoms with E-state index >= 15 is 0 Å². The molecule has 0 amide bonds. The molecule has 0 spiro atoms. The summed E-state index contributed by atoms with van der Waals surface area (Å²) in [5.74, 6) is -4.24. The molecule has 0 heterocycles. The van der Waals surface area contributed by atoms with Crippen molar-refractivity contribution in [2.24, 2.45) is 0 Å². The zero-order chi connectivity index (χ0) is 18.5. The maximum absolute atomic E-state index is 12.1. The topological polar surface area (TPSA) is 101 Å². The third-order valence-electron chi connectivity index (χ3n) is 3.04. The van der Waals surface area contributed by atoms with E-state index in [1.165, 1.54) is 6.92 Å². The van der Waals surface area contributed by atoms with Crippen molar-refractivity contribution in [1.29, 1.82) is 0 Å². The highest BCUT2D eigenvalue weighted by molar-refractivity contribution is 6.09. The van der Waals surface area contributed by atoms with Crippen LogP contribution in [0.25, 0.3) is 0 Å². The van der Waals surface area contributed by atoms with Gasteiger partial charge in [-0.15, -0.1) is 0 Å². The van der Waals surface area contributed by atoms with Gasteiger partial charge in [0, 0.05) is 5.56 Å². The van der Waals surface area contributed by atoms with E-state index in [0.29, 0.717) is 0 Å². The second kappa shape index (κ2) is 8.02. The zero-order valence-electron chi connectivity index (χ0n) is 12.5. The fourth-order valence-corrected chi connectivity index (χ4v) is 1.75. The Labute approximate surface area is 134 Å². The molecule has 0 aliphatic heterocycles. The first kappa shape index (κ1) is 19.8. The number of alkyl halides is 3. The maximum atomic E-state index is 12.1. The molecule has 0 saturated heterocycles. The predicted octanol–water partition coefficient (Wildman–Crippen LogP) is 1.35. The van der Waals surface area contributed by atoms with Gasteiger partial charge in [0.15, 0.2) is 11.9 Å². The van der Waals surface area contributed by atoms with Crippen molar-refractivity contribution in [2.45, 2.75) is 31.7 Å². The number of benzene rings is 1. The summed E-state index contributed by atoms with van der Waals surface area (Å²) in [4.78, 5) is 33.7. The molecule has 1 aromatic rings. The number of aliphatic hydroxyl groups excluding tert-OH is 2. The number of hydrogen-bond donors (Lipinski definition) is 2. The van der Waals surface area contributed by atoms with E-state index in [2.05, 4.69) is 4.74 Å². The molecule has 0 aliphatic rings. The number of halogens is 3. The molecular formula is C15H15F3O6. The highest BCUT2D eigenvalue weighted by Crippen LogP contribution is 2.21. The summed E-state index contributed by atoms with van der Waals surface area (Å²) in [7, 11) is 0. The van der Waals surface area contributed by atoms with Gasteiger partial charge < -0.3 is 14.9 Å². The summed E-state index contributed by atoms with van der Waals surface area (Å²) in [6.45, 7) is 1.52. The Morgan fingerprint density at radius 3 is 2.12 bits per heavy atom. The van der Waals surface area contributed by atoms with Gasteiger partial charge >= 0.3 is 12.1 Å². The van der Waals surface area contributed by atoms with Crippen LogP contribution in [-0.2, 0) is 14.3 Å². The Hall–Kier alpha value is -2.26. The number of Topliss-reactive ketones (excluding diaryl/α,β-unsaturated/α-hetero) is 2. The van der Waals surface area contributed by atoms with Gasteiger partial charge in [0.25, 0.3) is 0 Å². The summed E-state index contributed by atoms with van der Waals surface area (Å²) >= 11 is 0. The second-order valence-corrected chi connectivity index (χ2v) is 4.78. The Kier molecular flexibility index (Phi) is 6.61. The lowest BCUT2D eigenvalue weighted by atomic mass is 10.00. The van der Waals surface area contributed by atoms with Crippen LogP contribution in [0, 0.1) is 0 Å². The van der Waals surface area contributed by atoms with E-state index in [-0.39, 0.29) is 17.7 Å². The van der Waals surface area contributed by atoms with Crippen LogP contribution < -0.4 is 0 Å². The normalized spacial score (nSPS) is 13.9. The number of aliphatic hydroxyl groups is 2. The van der Waals surface area contributed by atoms with Gasteiger partial charge in [-0.3, -0.25) is 9.59 Å². The van der Waals surface area contributed by atoms with E-state index in [1.807, 2.05) is 0 Å². The number of ether oxygens (including phenoxy) is 1. The van der Waals surface area contributed by atoms with Crippen LogP contribution in [0.1, 0.15) is 35.4 Å². The lowest BCUT2D eigenvalue weighted by molar-refractivity contribution is -0.170. The van der Waals surface area contributed by atoms with Crippen molar-refractivity contribution in [3.05, 3.63) is 35.4 Å². The molecule has 0 bridgehead atoms. The van der Waals surface area contributed by atoms with Crippen LogP contribution in [-0.4, -0.2) is 46.6 Å². The van der Waals surface area contributed by atoms with Crippen molar-refractivity contribution in [2.75, 3.05) is 6.61 Å². The van der Waals surface area contributed by atoms with Crippen molar-refractivity contribution in [3.63, 3.8) is 0 Å². The number of ketones is 2. The summed E-state index contributed by atoms with van der Waals surface area (Å²) in [6.07, 6.45) is -9.89. The minimum Gasteiger partial charge on any atom is -0.464 e. The van der Waals surface area contributed by atoms with Gasteiger partial charge in [0.1, 0.15) is 6.10 Å². The number of rotatable bonds is 7. The van der Waals surface area contributed by atoms with Gasteiger partial charge in [-0.2, -0.15) is 13.2 Å².